The molecule has 0 bridgehead atoms. The fraction of sp³-hybridized carbons (Fsp3) is 0.0385. The van der Waals surface area contributed by atoms with Gasteiger partial charge in [-0.15, -0.1) is 0 Å². The molecule has 0 saturated heterocycles. The number of aromatic hydroxyl groups is 2. The number of rotatable bonds is 2. The summed E-state index contributed by atoms with van der Waals surface area (Å²) in [4.78, 5) is -0.0666. The van der Waals surface area contributed by atoms with Crippen LogP contribution in [0.3, 0.4) is 0 Å². The van der Waals surface area contributed by atoms with Crippen molar-refractivity contribution in [1.29, 1.82) is 0 Å². The molecule has 5 aromatic rings. The number of fused-ring (bicyclic) bond motifs is 2. The monoisotopic (exact) mass is 460 g/mol. The van der Waals surface area contributed by atoms with Gasteiger partial charge in [0.15, 0.2) is 18.1 Å². The van der Waals surface area contributed by atoms with E-state index in [0.29, 0.717) is 16.5 Å². The lowest BCUT2D eigenvalue weighted by molar-refractivity contribution is -0.594. The van der Waals surface area contributed by atoms with Gasteiger partial charge in [0.05, 0.1) is 11.0 Å². The Hall–Kier alpha value is -3.94. The highest BCUT2D eigenvalue weighted by Crippen LogP contribution is 2.35. The summed E-state index contributed by atoms with van der Waals surface area (Å²) in [6.07, 6.45) is 3.82. The van der Waals surface area contributed by atoms with Crippen molar-refractivity contribution in [1.82, 2.24) is 0 Å². The van der Waals surface area contributed by atoms with Crippen molar-refractivity contribution in [2.75, 3.05) is 0 Å². The van der Waals surface area contributed by atoms with Crippen LogP contribution in [-0.2, 0) is 10.1 Å². The highest BCUT2D eigenvalue weighted by Gasteiger charge is 2.18. The Balaban J connectivity index is 0.000000200. The third kappa shape index (κ3) is 4.79. The summed E-state index contributed by atoms with van der Waals surface area (Å²) >= 11 is 0. The first-order valence-corrected chi connectivity index (χ1v) is 11.6. The van der Waals surface area contributed by atoms with E-state index in [1.54, 1.807) is 30.3 Å². The van der Waals surface area contributed by atoms with Gasteiger partial charge >= 0.3 is 0 Å². The Labute approximate surface area is 191 Å². The molecule has 33 heavy (non-hydrogen) atoms. The zero-order valence-corrected chi connectivity index (χ0v) is 18.6. The second-order valence-corrected chi connectivity index (χ2v) is 9.00. The number of hydrogen-bond acceptors (Lipinski definition) is 4. The molecule has 0 spiro atoms. The van der Waals surface area contributed by atoms with Crippen LogP contribution in [0.4, 0.5) is 0 Å². The van der Waals surface area contributed by atoms with Gasteiger partial charge in [0, 0.05) is 22.2 Å². The lowest BCUT2D eigenvalue weighted by Crippen LogP contribution is -2.29. The van der Waals surface area contributed by atoms with Crippen molar-refractivity contribution in [2.24, 2.45) is 0 Å². The quantitative estimate of drug-likeness (QED) is 0.197. The number of benzene rings is 4. The van der Waals surface area contributed by atoms with Gasteiger partial charge in [-0.2, -0.15) is 13.0 Å². The van der Waals surface area contributed by atoms with E-state index in [1.807, 2.05) is 66.3 Å². The van der Waals surface area contributed by atoms with Crippen molar-refractivity contribution in [3.63, 3.8) is 0 Å². The Kier molecular flexibility index (Phi) is 6.00. The van der Waals surface area contributed by atoms with E-state index in [-0.39, 0.29) is 16.4 Å². The number of aryl methyl sites for hydroxylation is 1. The van der Waals surface area contributed by atoms with Gasteiger partial charge in [0.1, 0.15) is 5.75 Å². The van der Waals surface area contributed by atoms with Gasteiger partial charge < -0.3 is 10.2 Å². The predicted molar refractivity (Wildman–Crippen MR) is 127 cm³/mol. The van der Waals surface area contributed by atoms with Crippen LogP contribution < -0.4 is 4.57 Å². The minimum Gasteiger partial charge on any atom is -0.507 e. The van der Waals surface area contributed by atoms with E-state index in [1.165, 1.54) is 12.1 Å². The number of hydrogen-bond donors (Lipinski definition) is 3. The molecule has 1 aromatic heterocycles. The lowest BCUT2D eigenvalue weighted by Gasteiger charge is -2.06. The first kappa shape index (κ1) is 22.3. The number of aromatic nitrogens is 1. The molecule has 0 aliphatic rings. The van der Waals surface area contributed by atoms with E-state index < -0.39 is 10.1 Å². The Morgan fingerprint density at radius 1 is 0.758 bits per heavy atom. The van der Waals surface area contributed by atoms with Crippen LogP contribution in [0.5, 0.6) is 11.5 Å². The fourth-order valence-corrected chi connectivity index (χ4v) is 4.00. The van der Waals surface area contributed by atoms with E-state index in [2.05, 4.69) is 0 Å². The van der Waals surface area contributed by atoms with Crippen LogP contribution in [0.15, 0.2) is 102 Å². The van der Waals surface area contributed by atoms with Crippen molar-refractivity contribution >= 4 is 31.7 Å². The average molecular weight is 461 g/mol. The Morgan fingerprint density at radius 3 is 2.03 bits per heavy atom. The van der Waals surface area contributed by atoms with Gasteiger partial charge in [-0.05, 0) is 30.5 Å². The van der Waals surface area contributed by atoms with E-state index >= 15 is 0 Å². The third-order valence-electron chi connectivity index (χ3n) is 5.26. The topological polar surface area (TPSA) is 98.7 Å². The van der Waals surface area contributed by atoms with E-state index in [9.17, 15) is 18.6 Å². The maximum atomic E-state index is 10.6. The number of phenols is 2. The van der Waals surface area contributed by atoms with Gasteiger partial charge in [0.2, 0.25) is 0 Å². The van der Waals surface area contributed by atoms with Crippen LogP contribution >= 0.6 is 0 Å². The molecule has 0 unspecified atom stereocenters. The zero-order valence-electron chi connectivity index (χ0n) is 17.8. The van der Waals surface area contributed by atoms with Gasteiger partial charge in [0.25, 0.3) is 15.8 Å². The second kappa shape index (κ2) is 8.90. The van der Waals surface area contributed by atoms with Crippen molar-refractivity contribution in [3.8, 4) is 17.2 Å². The van der Waals surface area contributed by atoms with Gasteiger partial charge in [-0.3, -0.25) is 4.55 Å². The molecule has 0 radical (unpaired) electrons. The smallest absolute Gasteiger partial charge is 0.294 e. The average Bonchev–Trinajstić information content (AvgIpc) is 2.81. The summed E-state index contributed by atoms with van der Waals surface area (Å²) in [5, 5.41) is 24.3. The summed E-state index contributed by atoms with van der Waals surface area (Å²) in [5.74, 6) is 0.317. The van der Waals surface area contributed by atoms with Crippen LogP contribution in [-0.4, -0.2) is 23.2 Å². The molecule has 0 aliphatic heterocycles. The van der Waals surface area contributed by atoms with Gasteiger partial charge in [-0.25, -0.2) is 0 Å². The fourth-order valence-electron chi connectivity index (χ4n) is 3.52. The summed E-state index contributed by atoms with van der Waals surface area (Å²) in [7, 11) is -4.02. The minimum absolute atomic E-state index is 0.0666. The standard InChI is InChI=1S/C19H13NO2.C7H8O3S/c21-18-11-17(19(22)16-8-4-3-7-15(16)18)20-10-9-13-5-1-2-6-14(13)12-20;1-6-2-4-7(5-3-6)11(8,9)10/h1-12H,(H-,21,22);2-5H,1H3,(H,8,9,10)/p+1. The second-order valence-electron chi connectivity index (χ2n) is 7.58. The number of pyridine rings is 1. The van der Waals surface area contributed by atoms with Crippen molar-refractivity contribution in [2.45, 2.75) is 11.8 Å². The van der Waals surface area contributed by atoms with Crippen LogP contribution in [0.2, 0.25) is 0 Å². The molecule has 0 aliphatic carbocycles. The molecular formula is C26H22NO5S+. The summed E-state index contributed by atoms with van der Waals surface area (Å²) in [6, 6.07) is 24.9. The SMILES string of the molecule is Cc1ccc(S(=O)(=O)O)cc1.Oc1cc(-[n+]2ccc3ccccc3c2)c(O)c2ccccc12. The molecule has 0 saturated carbocycles. The normalized spacial score (nSPS) is 11.2. The van der Waals surface area contributed by atoms with Crippen molar-refractivity contribution < 1.29 is 27.8 Å². The maximum Gasteiger partial charge on any atom is 0.294 e. The molecule has 4 aromatic carbocycles. The largest absolute Gasteiger partial charge is 0.507 e. The first-order valence-electron chi connectivity index (χ1n) is 10.1. The van der Waals surface area contributed by atoms with Crippen molar-refractivity contribution in [3.05, 3.63) is 103 Å². The van der Waals surface area contributed by atoms with Crippen LogP contribution in [0, 0.1) is 6.92 Å². The Bertz CT molecular complexity index is 1560. The first-order chi connectivity index (χ1) is 15.7. The molecule has 1 heterocycles. The summed E-state index contributed by atoms with van der Waals surface area (Å²) in [6.45, 7) is 1.84. The molecule has 166 valence electrons. The maximum absolute atomic E-state index is 10.6. The molecule has 7 heteroatoms. The number of nitrogens with zero attached hydrogens (tertiary/aromatic N) is 1. The van der Waals surface area contributed by atoms with E-state index in [4.69, 9.17) is 4.55 Å². The zero-order chi connectivity index (χ0) is 23.6. The van der Waals surface area contributed by atoms with Gasteiger partial charge in [-0.1, -0.05) is 60.2 Å². The molecule has 0 amide bonds. The summed E-state index contributed by atoms with van der Waals surface area (Å²) in [5.41, 5.74) is 1.51. The molecule has 0 atom stereocenters. The highest BCUT2D eigenvalue weighted by molar-refractivity contribution is 7.85. The van der Waals surface area contributed by atoms with Crippen LogP contribution in [0.1, 0.15) is 5.56 Å². The Morgan fingerprint density at radius 2 is 1.36 bits per heavy atom. The minimum atomic E-state index is -4.02. The van der Waals surface area contributed by atoms with Crippen LogP contribution in [0.25, 0.3) is 27.2 Å². The lowest BCUT2D eigenvalue weighted by atomic mass is 10.1. The molecular weight excluding hydrogens is 438 g/mol. The number of phenolic OH excluding ortho intramolecular Hbond substituents is 2. The molecule has 5 rings (SSSR count). The van der Waals surface area contributed by atoms with E-state index in [0.717, 1.165) is 16.3 Å². The third-order valence-corrected chi connectivity index (χ3v) is 6.13. The predicted octanol–water partition coefficient (Wildman–Crippen LogP) is 4.92. The molecule has 0 fully saturated rings. The molecule has 6 nitrogen and oxygen atoms in total. The highest BCUT2D eigenvalue weighted by atomic mass is 32.2. The molecule has 3 N–H and O–H groups in total. The summed E-state index contributed by atoms with van der Waals surface area (Å²) < 4.78 is 31.4.